The Bertz CT molecular complexity index is 326. The van der Waals surface area contributed by atoms with E-state index in [1.807, 2.05) is 6.07 Å². The molecule has 1 aromatic heterocycles. The molecule has 0 radical (unpaired) electrons. The van der Waals surface area contributed by atoms with Crippen molar-refractivity contribution in [3.63, 3.8) is 0 Å². The van der Waals surface area contributed by atoms with Gasteiger partial charge in [-0.3, -0.25) is 0 Å². The van der Waals surface area contributed by atoms with Gasteiger partial charge in [-0.15, -0.1) is 0 Å². The van der Waals surface area contributed by atoms with Crippen molar-refractivity contribution in [2.45, 2.75) is 46.6 Å². The summed E-state index contributed by atoms with van der Waals surface area (Å²) in [4.78, 5) is 8.75. The summed E-state index contributed by atoms with van der Waals surface area (Å²) in [6, 6.07) is 1.83. The van der Waals surface area contributed by atoms with Gasteiger partial charge in [0.05, 0.1) is 6.04 Å². The van der Waals surface area contributed by atoms with Crippen LogP contribution >= 0.6 is 0 Å². The van der Waals surface area contributed by atoms with Crippen LogP contribution in [0.3, 0.4) is 0 Å². The Morgan fingerprint density at radius 3 is 2.33 bits per heavy atom. The van der Waals surface area contributed by atoms with Gasteiger partial charge in [0.25, 0.3) is 0 Å². The van der Waals surface area contributed by atoms with Crippen molar-refractivity contribution in [3.8, 4) is 0 Å². The Kier molecular flexibility index (Phi) is 3.45. The Morgan fingerprint density at radius 2 is 1.87 bits per heavy atom. The van der Waals surface area contributed by atoms with E-state index in [9.17, 15) is 0 Å². The van der Waals surface area contributed by atoms with E-state index < -0.39 is 0 Å². The highest BCUT2D eigenvalue weighted by Crippen LogP contribution is 2.28. The van der Waals surface area contributed by atoms with Crippen LogP contribution < -0.4 is 5.73 Å². The standard InChI is InChI=1S/C12H21N3/c1-8(2)9-6-7-14-11(15-9)10(13)12(3,4)5/h6-8,10H,13H2,1-5H3. The molecule has 1 unspecified atom stereocenters. The van der Waals surface area contributed by atoms with Crippen LogP contribution in [0.5, 0.6) is 0 Å². The molecular formula is C12H21N3. The summed E-state index contributed by atoms with van der Waals surface area (Å²) in [5.74, 6) is 1.16. The van der Waals surface area contributed by atoms with Crippen LogP contribution in [0, 0.1) is 5.41 Å². The van der Waals surface area contributed by atoms with Gasteiger partial charge in [-0.25, -0.2) is 9.97 Å². The molecule has 0 aliphatic carbocycles. The van der Waals surface area contributed by atoms with Gasteiger partial charge in [0.1, 0.15) is 5.82 Å². The summed E-state index contributed by atoms with van der Waals surface area (Å²) >= 11 is 0. The first kappa shape index (κ1) is 12.1. The van der Waals surface area contributed by atoms with Crippen LogP contribution in [-0.4, -0.2) is 9.97 Å². The summed E-state index contributed by atoms with van der Waals surface area (Å²) in [5.41, 5.74) is 7.17. The zero-order valence-electron chi connectivity index (χ0n) is 10.3. The topological polar surface area (TPSA) is 51.8 Å². The third-order valence-corrected chi connectivity index (χ3v) is 2.50. The molecule has 1 rings (SSSR count). The maximum absolute atomic E-state index is 6.12. The van der Waals surface area contributed by atoms with Crippen molar-refractivity contribution in [2.24, 2.45) is 11.1 Å². The van der Waals surface area contributed by atoms with Crippen LogP contribution in [-0.2, 0) is 0 Å². The SMILES string of the molecule is CC(C)c1ccnc(C(N)C(C)(C)C)n1. The third-order valence-electron chi connectivity index (χ3n) is 2.50. The average Bonchev–Trinajstić information content (AvgIpc) is 2.15. The van der Waals surface area contributed by atoms with E-state index in [0.29, 0.717) is 5.92 Å². The quantitative estimate of drug-likeness (QED) is 0.811. The summed E-state index contributed by atoms with van der Waals surface area (Å²) in [6.45, 7) is 10.5. The molecule has 3 heteroatoms. The second kappa shape index (κ2) is 4.27. The minimum atomic E-state index is -0.115. The van der Waals surface area contributed by atoms with E-state index in [-0.39, 0.29) is 11.5 Å². The Balaban J connectivity index is 3.00. The van der Waals surface area contributed by atoms with Gasteiger partial charge in [-0.2, -0.15) is 0 Å². The summed E-state index contributed by atoms with van der Waals surface area (Å²) in [6.07, 6.45) is 1.79. The second-order valence-electron chi connectivity index (χ2n) is 5.34. The van der Waals surface area contributed by atoms with Gasteiger partial charge in [-0.05, 0) is 17.4 Å². The average molecular weight is 207 g/mol. The molecule has 0 aliphatic rings. The first-order valence-corrected chi connectivity index (χ1v) is 5.41. The molecule has 0 saturated heterocycles. The van der Waals surface area contributed by atoms with E-state index in [0.717, 1.165) is 11.5 Å². The van der Waals surface area contributed by atoms with Gasteiger partial charge in [0.2, 0.25) is 0 Å². The van der Waals surface area contributed by atoms with Gasteiger partial charge in [-0.1, -0.05) is 34.6 Å². The van der Waals surface area contributed by atoms with E-state index >= 15 is 0 Å². The number of hydrogen-bond acceptors (Lipinski definition) is 3. The molecule has 0 amide bonds. The van der Waals surface area contributed by atoms with Crippen LogP contribution in [0.4, 0.5) is 0 Å². The molecule has 84 valence electrons. The van der Waals surface area contributed by atoms with Crippen LogP contribution in [0.25, 0.3) is 0 Å². The predicted molar refractivity (Wildman–Crippen MR) is 62.5 cm³/mol. The van der Waals surface area contributed by atoms with Crippen molar-refractivity contribution in [1.82, 2.24) is 9.97 Å². The number of rotatable bonds is 2. The minimum absolute atomic E-state index is 0.00436. The van der Waals surface area contributed by atoms with Crippen molar-refractivity contribution in [3.05, 3.63) is 23.8 Å². The monoisotopic (exact) mass is 207 g/mol. The maximum atomic E-state index is 6.12. The molecule has 1 heterocycles. The van der Waals surface area contributed by atoms with E-state index in [1.54, 1.807) is 6.20 Å². The van der Waals surface area contributed by atoms with Gasteiger partial charge >= 0.3 is 0 Å². The molecule has 0 fully saturated rings. The molecule has 1 aromatic rings. The van der Waals surface area contributed by atoms with Gasteiger partial charge < -0.3 is 5.73 Å². The highest BCUT2D eigenvalue weighted by molar-refractivity contribution is 5.09. The normalized spacial score (nSPS) is 14.3. The summed E-state index contributed by atoms with van der Waals surface area (Å²) < 4.78 is 0. The van der Waals surface area contributed by atoms with Gasteiger partial charge in [0.15, 0.2) is 0 Å². The maximum Gasteiger partial charge on any atom is 0.145 e. The van der Waals surface area contributed by atoms with Crippen molar-refractivity contribution < 1.29 is 0 Å². The Labute approximate surface area is 92.1 Å². The van der Waals surface area contributed by atoms with Crippen molar-refractivity contribution in [2.75, 3.05) is 0 Å². The fourth-order valence-electron chi connectivity index (χ4n) is 1.25. The fourth-order valence-corrected chi connectivity index (χ4v) is 1.25. The number of nitrogens with zero attached hydrogens (tertiary/aromatic N) is 2. The van der Waals surface area contributed by atoms with Crippen LogP contribution in [0.1, 0.15) is 58.1 Å². The number of aromatic nitrogens is 2. The Hall–Kier alpha value is -0.960. The summed E-state index contributed by atoms with van der Waals surface area (Å²) in [7, 11) is 0. The highest BCUT2D eigenvalue weighted by Gasteiger charge is 2.24. The lowest BCUT2D eigenvalue weighted by atomic mass is 9.87. The lowest BCUT2D eigenvalue weighted by Gasteiger charge is -2.25. The van der Waals surface area contributed by atoms with E-state index in [1.165, 1.54) is 0 Å². The minimum Gasteiger partial charge on any atom is -0.321 e. The third kappa shape index (κ3) is 2.99. The molecule has 0 bridgehead atoms. The number of hydrogen-bond donors (Lipinski definition) is 1. The lowest BCUT2D eigenvalue weighted by Crippen LogP contribution is -2.28. The van der Waals surface area contributed by atoms with Crippen LogP contribution in [0.2, 0.25) is 0 Å². The zero-order valence-corrected chi connectivity index (χ0v) is 10.3. The van der Waals surface area contributed by atoms with Crippen molar-refractivity contribution >= 4 is 0 Å². The number of nitrogens with two attached hydrogens (primary N) is 1. The smallest absolute Gasteiger partial charge is 0.145 e. The lowest BCUT2D eigenvalue weighted by molar-refractivity contribution is 0.314. The van der Waals surface area contributed by atoms with Crippen LogP contribution in [0.15, 0.2) is 12.3 Å². The predicted octanol–water partition coefficient (Wildman–Crippen LogP) is 2.65. The van der Waals surface area contributed by atoms with Crippen molar-refractivity contribution in [1.29, 1.82) is 0 Å². The largest absolute Gasteiger partial charge is 0.321 e. The molecule has 3 nitrogen and oxygen atoms in total. The van der Waals surface area contributed by atoms with E-state index in [4.69, 9.17) is 5.73 Å². The first-order chi connectivity index (χ1) is 6.82. The second-order valence-corrected chi connectivity index (χ2v) is 5.34. The molecule has 0 saturated carbocycles. The molecule has 0 spiro atoms. The zero-order chi connectivity index (χ0) is 11.6. The Morgan fingerprint density at radius 1 is 1.27 bits per heavy atom. The van der Waals surface area contributed by atoms with Gasteiger partial charge in [0, 0.05) is 11.9 Å². The fraction of sp³-hybridized carbons (Fsp3) is 0.667. The molecule has 1 atom stereocenters. The highest BCUT2D eigenvalue weighted by atomic mass is 14.9. The summed E-state index contributed by atoms with van der Waals surface area (Å²) in [5, 5.41) is 0. The molecular weight excluding hydrogens is 186 g/mol. The molecule has 15 heavy (non-hydrogen) atoms. The van der Waals surface area contributed by atoms with E-state index in [2.05, 4.69) is 44.6 Å². The molecule has 0 aromatic carbocycles. The molecule has 2 N–H and O–H groups in total. The first-order valence-electron chi connectivity index (χ1n) is 5.41. The molecule has 0 aliphatic heterocycles.